The highest BCUT2D eigenvalue weighted by Crippen LogP contribution is 2.01. The van der Waals surface area contributed by atoms with Gasteiger partial charge in [0.15, 0.2) is 0 Å². The SMILES string of the molecule is C=C/C(C)=C(\C)CNCC. The van der Waals surface area contributed by atoms with Gasteiger partial charge in [-0.25, -0.2) is 0 Å². The van der Waals surface area contributed by atoms with Crippen LogP contribution in [0.1, 0.15) is 20.8 Å². The summed E-state index contributed by atoms with van der Waals surface area (Å²) in [5.41, 5.74) is 2.65. The van der Waals surface area contributed by atoms with Gasteiger partial charge in [0.25, 0.3) is 0 Å². The van der Waals surface area contributed by atoms with Gasteiger partial charge in [0, 0.05) is 6.54 Å². The van der Waals surface area contributed by atoms with Crippen LogP contribution in [0.25, 0.3) is 0 Å². The Morgan fingerprint density at radius 3 is 2.50 bits per heavy atom. The van der Waals surface area contributed by atoms with Crippen LogP contribution in [0.5, 0.6) is 0 Å². The molecule has 0 spiro atoms. The van der Waals surface area contributed by atoms with E-state index in [1.54, 1.807) is 0 Å². The van der Waals surface area contributed by atoms with E-state index in [-0.39, 0.29) is 0 Å². The minimum atomic E-state index is 0.981. The average molecular weight is 139 g/mol. The maximum absolute atomic E-state index is 3.70. The fourth-order valence-electron chi connectivity index (χ4n) is 0.626. The summed E-state index contributed by atoms with van der Waals surface area (Å²) in [5, 5.41) is 3.26. The normalized spacial score (nSPS) is 12.7. The summed E-state index contributed by atoms with van der Waals surface area (Å²) in [7, 11) is 0. The molecule has 0 aromatic heterocycles. The molecular formula is C9H17N. The molecule has 0 aromatic rings. The first-order valence-electron chi connectivity index (χ1n) is 3.71. The van der Waals surface area contributed by atoms with Gasteiger partial charge >= 0.3 is 0 Å². The summed E-state index contributed by atoms with van der Waals surface area (Å²) in [6.45, 7) is 12.0. The Hall–Kier alpha value is -0.560. The van der Waals surface area contributed by atoms with E-state index in [0.29, 0.717) is 0 Å². The lowest BCUT2D eigenvalue weighted by atomic mass is 10.1. The van der Waals surface area contributed by atoms with Crippen LogP contribution in [0, 0.1) is 0 Å². The molecule has 58 valence electrons. The minimum absolute atomic E-state index is 0.981. The van der Waals surface area contributed by atoms with Crippen molar-refractivity contribution in [2.24, 2.45) is 0 Å². The lowest BCUT2D eigenvalue weighted by Crippen LogP contribution is -2.15. The molecular weight excluding hydrogens is 122 g/mol. The fourth-order valence-corrected chi connectivity index (χ4v) is 0.626. The molecule has 0 amide bonds. The van der Waals surface area contributed by atoms with Crippen molar-refractivity contribution in [3.8, 4) is 0 Å². The molecule has 0 aliphatic carbocycles. The Labute approximate surface area is 63.8 Å². The summed E-state index contributed by atoms with van der Waals surface area (Å²) >= 11 is 0. The molecule has 1 heteroatoms. The van der Waals surface area contributed by atoms with Crippen LogP contribution in [0.2, 0.25) is 0 Å². The van der Waals surface area contributed by atoms with E-state index in [0.717, 1.165) is 13.1 Å². The van der Waals surface area contributed by atoms with Crippen LogP contribution in [0.4, 0.5) is 0 Å². The first-order valence-corrected chi connectivity index (χ1v) is 3.71. The molecule has 1 nitrogen and oxygen atoms in total. The number of rotatable bonds is 4. The molecule has 0 bridgehead atoms. The molecule has 0 heterocycles. The van der Waals surface area contributed by atoms with E-state index in [1.165, 1.54) is 11.1 Å². The summed E-state index contributed by atoms with van der Waals surface area (Å²) in [6.07, 6.45) is 1.90. The van der Waals surface area contributed by atoms with Crippen molar-refractivity contribution < 1.29 is 0 Å². The van der Waals surface area contributed by atoms with Crippen LogP contribution in [0.15, 0.2) is 23.8 Å². The van der Waals surface area contributed by atoms with E-state index in [1.807, 2.05) is 6.08 Å². The molecule has 0 aromatic carbocycles. The third kappa shape index (κ3) is 3.46. The third-order valence-electron chi connectivity index (χ3n) is 1.62. The summed E-state index contributed by atoms with van der Waals surface area (Å²) < 4.78 is 0. The average Bonchev–Trinajstić information content (AvgIpc) is 1.98. The van der Waals surface area contributed by atoms with E-state index in [4.69, 9.17) is 0 Å². The predicted octanol–water partition coefficient (Wildman–Crippen LogP) is 2.12. The zero-order valence-electron chi connectivity index (χ0n) is 7.20. The number of likely N-dealkylation sites (N-methyl/N-ethyl adjacent to an activating group) is 1. The van der Waals surface area contributed by atoms with Crippen molar-refractivity contribution in [2.75, 3.05) is 13.1 Å². The van der Waals surface area contributed by atoms with Crippen molar-refractivity contribution in [1.29, 1.82) is 0 Å². The lowest BCUT2D eigenvalue weighted by molar-refractivity contribution is 0.772. The fraction of sp³-hybridized carbons (Fsp3) is 0.556. The topological polar surface area (TPSA) is 12.0 Å². The Morgan fingerprint density at radius 1 is 1.50 bits per heavy atom. The molecule has 0 atom stereocenters. The first kappa shape index (κ1) is 9.44. The van der Waals surface area contributed by atoms with Gasteiger partial charge < -0.3 is 5.32 Å². The lowest BCUT2D eigenvalue weighted by Gasteiger charge is -2.03. The van der Waals surface area contributed by atoms with Crippen LogP contribution in [-0.4, -0.2) is 13.1 Å². The highest BCUT2D eigenvalue weighted by molar-refractivity contribution is 5.21. The number of hydrogen-bond acceptors (Lipinski definition) is 1. The standard InChI is InChI=1S/C9H17N/c1-5-8(3)9(4)7-10-6-2/h5,10H,1,6-7H2,2-4H3/b9-8+. The molecule has 1 N–H and O–H groups in total. The number of nitrogens with one attached hydrogen (secondary N) is 1. The second-order valence-electron chi connectivity index (χ2n) is 2.45. The van der Waals surface area contributed by atoms with Crippen LogP contribution in [0.3, 0.4) is 0 Å². The highest BCUT2D eigenvalue weighted by atomic mass is 14.8. The molecule has 0 saturated heterocycles. The van der Waals surface area contributed by atoms with Gasteiger partial charge in [-0.2, -0.15) is 0 Å². The van der Waals surface area contributed by atoms with Crippen LogP contribution in [-0.2, 0) is 0 Å². The Kier molecular flexibility index (Phi) is 4.95. The predicted molar refractivity (Wildman–Crippen MR) is 47.1 cm³/mol. The Balaban J connectivity index is 3.79. The molecule has 0 radical (unpaired) electrons. The van der Waals surface area contributed by atoms with Crippen LogP contribution >= 0.6 is 0 Å². The van der Waals surface area contributed by atoms with Gasteiger partial charge in [-0.15, -0.1) is 0 Å². The Bertz CT molecular complexity index is 134. The second kappa shape index (κ2) is 5.24. The number of hydrogen-bond donors (Lipinski definition) is 1. The maximum atomic E-state index is 3.70. The monoisotopic (exact) mass is 139 g/mol. The van der Waals surface area contributed by atoms with E-state index < -0.39 is 0 Å². The summed E-state index contributed by atoms with van der Waals surface area (Å²) in [6, 6.07) is 0. The molecule has 0 saturated carbocycles. The van der Waals surface area contributed by atoms with Crippen molar-refractivity contribution in [1.82, 2.24) is 5.32 Å². The smallest absolute Gasteiger partial charge is 0.0167 e. The summed E-state index contributed by atoms with van der Waals surface area (Å²) in [4.78, 5) is 0. The molecule has 0 aliphatic rings. The van der Waals surface area contributed by atoms with Crippen molar-refractivity contribution >= 4 is 0 Å². The van der Waals surface area contributed by atoms with Crippen molar-refractivity contribution in [3.63, 3.8) is 0 Å². The molecule has 0 unspecified atom stereocenters. The van der Waals surface area contributed by atoms with Crippen molar-refractivity contribution in [3.05, 3.63) is 23.8 Å². The van der Waals surface area contributed by atoms with E-state index in [2.05, 4.69) is 32.7 Å². The molecule has 10 heavy (non-hydrogen) atoms. The van der Waals surface area contributed by atoms with E-state index in [9.17, 15) is 0 Å². The molecule has 0 rings (SSSR count). The van der Waals surface area contributed by atoms with Gasteiger partial charge in [0.1, 0.15) is 0 Å². The highest BCUT2D eigenvalue weighted by Gasteiger charge is 1.90. The maximum Gasteiger partial charge on any atom is 0.0167 e. The van der Waals surface area contributed by atoms with Gasteiger partial charge in [-0.1, -0.05) is 30.7 Å². The van der Waals surface area contributed by atoms with Gasteiger partial charge in [0.05, 0.1) is 0 Å². The summed E-state index contributed by atoms with van der Waals surface area (Å²) in [5.74, 6) is 0. The quantitative estimate of drug-likeness (QED) is 0.588. The van der Waals surface area contributed by atoms with Crippen molar-refractivity contribution in [2.45, 2.75) is 20.8 Å². The zero-order chi connectivity index (χ0) is 7.98. The molecule has 0 fully saturated rings. The van der Waals surface area contributed by atoms with Gasteiger partial charge in [-0.3, -0.25) is 0 Å². The molecule has 0 aliphatic heterocycles. The van der Waals surface area contributed by atoms with E-state index >= 15 is 0 Å². The Morgan fingerprint density at radius 2 is 2.10 bits per heavy atom. The second-order valence-corrected chi connectivity index (χ2v) is 2.45. The van der Waals surface area contributed by atoms with Gasteiger partial charge in [-0.05, 0) is 20.4 Å². The van der Waals surface area contributed by atoms with Gasteiger partial charge in [0.2, 0.25) is 0 Å². The first-order chi connectivity index (χ1) is 4.72. The van der Waals surface area contributed by atoms with Crippen LogP contribution < -0.4 is 5.32 Å². The third-order valence-corrected chi connectivity index (χ3v) is 1.62. The zero-order valence-corrected chi connectivity index (χ0v) is 7.20. The largest absolute Gasteiger partial charge is 0.313 e. The number of allylic oxidation sites excluding steroid dienone is 2. The minimum Gasteiger partial charge on any atom is -0.313 e.